The van der Waals surface area contributed by atoms with E-state index < -0.39 is 0 Å². The second-order valence-electron chi connectivity index (χ2n) is 4.74. The van der Waals surface area contributed by atoms with E-state index in [-0.39, 0.29) is 0 Å². The van der Waals surface area contributed by atoms with Crippen molar-refractivity contribution in [2.45, 2.75) is 6.42 Å². The van der Waals surface area contributed by atoms with E-state index in [1.165, 1.54) is 0 Å². The maximum Gasteiger partial charge on any atom is 0.0991 e. The number of rotatable bonds is 3. The summed E-state index contributed by atoms with van der Waals surface area (Å²) in [7, 11) is 0. The predicted octanol–water partition coefficient (Wildman–Crippen LogP) is 3.61. The Morgan fingerprint density at radius 2 is 1.76 bits per heavy atom. The van der Waals surface area contributed by atoms with Crippen LogP contribution in [0.1, 0.15) is 16.7 Å². The molecule has 3 nitrogen and oxygen atoms in total. The van der Waals surface area contributed by atoms with Gasteiger partial charge in [-0.2, -0.15) is 5.26 Å². The van der Waals surface area contributed by atoms with Gasteiger partial charge in [-0.15, -0.1) is 0 Å². The number of hydrogen-bond acceptors (Lipinski definition) is 3. The predicted molar refractivity (Wildman–Crippen MR) is 81.4 cm³/mol. The highest BCUT2D eigenvalue weighted by molar-refractivity contribution is 5.62. The first kappa shape index (κ1) is 13.0. The Morgan fingerprint density at radius 1 is 0.952 bits per heavy atom. The molecule has 2 heterocycles. The summed E-state index contributed by atoms with van der Waals surface area (Å²) in [6, 6.07) is 17.7. The molecule has 0 fully saturated rings. The van der Waals surface area contributed by atoms with Crippen molar-refractivity contribution in [3.8, 4) is 17.3 Å². The molecule has 0 aliphatic heterocycles. The summed E-state index contributed by atoms with van der Waals surface area (Å²) in [6.45, 7) is 0. The van der Waals surface area contributed by atoms with Gasteiger partial charge in [0.15, 0.2) is 0 Å². The molecule has 1 aromatic carbocycles. The van der Waals surface area contributed by atoms with Crippen molar-refractivity contribution in [2.24, 2.45) is 0 Å². The summed E-state index contributed by atoms with van der Waals surface area (Å²) in [4.78, 5) is 8.64. The molecule has 0 saturated carbocycles. The first-order chi connectivity index (χ1) is 10.4. The molecule has 0 bridgehead atoms. The molecular formula is C18H13N3. The van der Waals surface area contributed by atoms with Crippen LogP contribution in [0.2, 0.25) is 0 Å². The van der Waals surface area contributed by atoms with Gasteiger partial charge >= 0.3 is 0 Å². The fourth-order valence-electron chi connectivity index (χ4n) is 2.26. The molecule has 0 amide bonds. The Hall–Kier alpha value is -2.99. The lowest BCUT2D eigenvalue weighted by Gasteiger charge is -2.08. The SMILES string of the molecule is N#Cc1ccc(Cc2cccnc2-c2cccnc2)cc1. The first-order valence-electron chi connectivity index (χ1n) is 6.70. The van der Waals surface area contributed by atoms with Gasteiger partial charge in [-0.05, 0) is 47.9 Å². The van der Waals surface area contributed by atoms with Crippen LogP contribution >= 0.6 is 0 Å². The van der Waals surface area contributed by atoms with Crippen LogP contribution in [0.3, 0.4) is 0 Å². The second kappa shape index (κ2) is 5.98. The minimum atomic E-state index is 0.678. The average Bonchev–Trinajstić information content (AvgIpc) is 2.57. The van der Waals surface area contributed by atoms with E-state index in [9.17, 15) is 0 Å². The maximum atomic E-state index is 8.84. The van der Waals surface area contributed by atoms with Gasteiger partial charge < -0.3 is 0 Å². The van der Waals surface area contributed by atoms with Gasteiger partial charge in [0, 0.05) is 24.2 Å². The summed E-state index contributed by atoms with van der Waals surface area (Å²) in [5.41, 5.74) is 4.96. The van der Waals surface area contributed by atoms with Gasteiger partial charge in [0.1, 0.15) is 0 Å². The van der Waals surface area contributed by atoms with Crippen LogP contribution in [-0.4, -0.2) is 9.97 Å². The van der Waals surface area contributed by atoms with E-state index in [0.717, 1.165) is 28.8 Å². The molecule has 3 aromatic rings. The largest absolute Gasteiger partial charge is 0.264 e. The number of nitriles is 1. The molecule has 2 aromatic heterocycles. The van der Waals surface area contributed by atoms with Gasteiger partial charge in [-0.3, -0.25) is 9.97 Å². The van der Waals surface area contributed by atoms with Crippen LogP contribution in [0.5, 0.6) is 0 Å². The zero-order valence-corrected chi connectivity index (χ0v) is 11.4. The van der Waals surface area contributed by atoms with E-state index >= 15 is 0 Å². The van der Waals surface area contributed by atoms with Crippen molar-refractivity contribution >= 4 is 0 Å². The lowest BCUT2D eigenvalue weighted by atomic mass is 10.00. The zero-order valence-electron chi connectivity index (χ0n) is 11.4. The Balaban J connectivity index is 1.94. The molecule has 0 N–H and O–H groups in total. The highest BCUT2D eigenvalue weighted by Gasteiger charge is 2.07. The van der Waals surface area contributed by atoms with Crippen LogP contribution in [-0.2, 0) is 6.42 Å². The van der Waals surface area contributed by atoms with E-state index in [1.54, 1.807) is 12.4 Å². The number of nitrogens with zero attached hydrogens (tertiary/aromatic N) is 3. The molecule has 3 rings (SSSR count). The maximum absolute atomic E-state index is 8.84. The molecule has 0 radical (unpaired) electrons. The molecule has 0 spiro atoms. The molecule has 0 saturated heterocycles. The quantitative estimate of drug-likeness (QED) is 0.731. The van der Waals surface area contributed by atoms with Crippen LogP contribution < -0.4 is 0 Å². The number of hydrogen-bond donors (Lipinski definition) is 0. The summed E-state index contributed by atoms with van der Waals surface area (Å²) in [5, 5.41) is 8.84. The molecule has 0 aliphatic carbocycles. The highest BCUT2D eigenvalue weighted by Crippen LogP contribution is 2.22. The zero-order chi connectivity index (χ0) is 14.5. The summed E-state index contributed by atoms with van der Waals surface area (Å²) < 4.78 is 0. The topological polar surface area (TPSA) is 49.6 Å². The van der Waals surface area contributed by atoms with Crippen molar-refractivity contribution in [1.29, 1.82) is 5.26 Å². The number of pyridine rings is 2. The molecule has 3 heteroatoms. The Kier molecular flexibility index (Phi) is 3.70. The number of benzene rings is 1. The smallest absolute Gasteiger partial charge is 0.0991 e. The van der Waals surface area contributed by atoms with Gasteiger partial charge in [-0.25, -0.2) is 0 Å². The number of aromatic nitrogens is 2. The first-order valence-corrected chi connectivity index (χ1v) is 6.70. The third-order valence-corrected chi connectivity index (χ3v) is 3.30. The normalized spacial score (nSPS) is 10.0. The Morgan fingerprint density at radius 3 is 2.48 bits per heavy atom. The van der Waals surface area contributed by atoms with Crippen LogP contribution in [0.25, 0.3) is 11.3 Å². The third kappa shape index (κ3) is 2.96. The summed E-state index contributed by atoms with van der Waals surface area (Å²) in [6.07, 6.45) is 6.16. The minimum absolute atomic E-state index is 0.678. The van der Waals surface area contributed by atoms with Crippen molar-refractivity contribution in [3.05, 3.63) is 83.8 Å². The fourth-order valence-corrected chi connectivity index (χ4v) is 2.26. The van der Waals surface area contributed by atoms with Gasteiger partial charge in [0.2, 0.25) is 0 Å². The Labute approximate surface area is 123 Å². The van der Waals surface area contributed by atoms with Gasteiger partial charge in [0.25, 0.3) is 0 Å². The Bertz CT molecular complexity index is 772. The van der Waals surface area contributed by atoms with Crippen molar-refractivity contribution in [1.82, 2.24) is 9.97 Å². The molecule has 100 valence electrons. The van der Waals surface area contributed by atoms with Crippen molar-refractivity contribution < 1.29 is 0 Å². The van der Waals surface area contributed by atoms with E-state index in [0.29, 0.717) is 5.56 Å². The summed E-state index contributed by atoms with van der Waals surface area (Å²) >= 11 is 0. The van der Waals surface area contributed by atoms with Crippen molar-refractivity contribution in [3.63, 3.8) is 0 Å². The van der Waals surface area contributed by atoms with E-state index in [2.05, 4.69) is 22.1 Å². The van der Waals surface area contributed by atoms with E-state index in [1.807, 2.05) is 48.7 Å². The van der Waals surface area contributed by atoms with Gasteiger partial charge in [-0.1, -0.05) is 18.2 Å². The van der Waals surface area contributed by atoms with Gasteiger partial charge in [0.05, 0.1) is 17.3 Å². The molecule has 0 unspecified atom stereocenters. The van der Waals surface area contributed by atoms with Crippen molar-refractivity contribution in [2.75, 3.05) is 0 Å². The average molecular weight is 271 g/mol. The molecule has 21 heavy (non-hydrogen) atoms. The fraction of sp³-hybridized carbons (Fsp3) is 0.0556. The second-order valence-corrected chi connectivity index (χ2v) is 4.74. The minimum Gasteiger partial charge on any atom is -0.264 e. The summed E-state index contributed by atoms with van der Waals surface area (Å²) in [5.74, 6) is 0. The van der Waals surface area contributed by atoms with Crippen LogP contribution in [0.15, 0.2) is 67.1 Å². The molecule has 0 atom stereocenters. The van der Waals surface area contributed by atoms with E-state index in [4.69, 9.17) is 5.26 Å². The molecule has 0 aliphatic rings. The monoisotopic (exact) mass is 271 g/mol. The standard InChI is InChI=1S/C18H13N3/c19-12-15-7-5-14(6-8-15)11-16-3-2-10-21-18(16)17-4-1-9-20-13-17/h1-10,13H,11H2. The highest BCUT2D eigenvalue weighted by atomic mass is 14.7. The lowest BCUT2D eigenvalue weighted by molar-refractivity contribution is 1.14. The van der Waals surface area contributed by atoms with Crippen LogP contribution in [0, 0.1) is 11.3 Å². The lowest BCUT2D eigenvalue weighted by Crippen LogP contribution is -1.95. The third-order valence-electron chi connectivity index (χ3n) is 3.30. The molecular weight excluding hydrogens is 258 g/mol. The van der Waals surface area contributed by atoms with Crippen LogP contribution in [0.4, 0.5) is 0 Å².